The fourth-order valence-electron chi connectivity index (χ4n) is 4.24. The lowest BCUT2D eigenvalue weighted by Crippen LogP contribution is -2.53. The molecule has 5 nitrogen and oxygen atoms in total. The van der Waals surface area contributed by atoms with Crippen molar-refractivity contribution in [3.8, 4) is 0 Å². The van der Waals surface area contributed by atoms with Gasteiger partial charge in [0, 0.05) is 5.69 Å². The second kappa shape index (κ2) is 9.79. The number of nitrogens with zero attached hydrogens (tertiary/aromatic N) is 1. The van der Waals surface area contributed by atoms with Gasteiger partial charge in [-0.3, -0.25) is 14.9 Å². The zero-order valence-electron chi connectivity index (χ0n) is 18.3. The molecule has 1 aliphatic heterocycles. The smallest absolute Gasteiger partial charge is 0.244 e. The van der Waals surface area contributed by atoms with Crippen molar-refractivity contribution in [2.75, 3.05) is 4.90 Å². The van der Waals surface area contributed by atoms with Crippen LogP contribution < -0.4 is 16.0 Å². The third-order valence-electron chi connectivity index (χ3n) is 6.04. The van der Waals surface area contributed by atoms with Crippen molar-refractivity contribution >= 4 is 17.5 Å². The third-order valence-corrected chi connectivity index (χ3v) is 6.04. The van der Waals surface area contributed by atoms with E-state index in [0.717, 1.165) is 28.8 Å². The van der Waals surface area contributed by atoms with E-state index in [1.54, 1.807) is 0 Å². The Kier molecular flexibility index (Phi) is 6.66. The van der Waals surface area contributed by atoms with Gasteiger partial charge in [-0.2, -0.15) is 0 Å². The van der Waals surface area contributed by atoms with Gasteiger partial charge in [0.25, 0.3) is 0 Å². The van der Waals surface area contributed by atoms with Crippen LogP contribution in [0.5, 0.6) is 0 Å². The molecule has 32 heavy (non-hydrogen) atoms. The number of fused-ring (bicyclic) bond motifs is 1. The Bertz CT molecular complexity index is 1080. The van der Waals surface area contributed by atoms with Gasteiger partial charge >= 0.3 is 0 Å². The molecule has 0 saturated heterocycles. The number of aryl methyl sites for hydroxylation is 2. The van der Waals surface area contributed by atoms with Crippen LogP contribution in [0.4, 0.5) is 5.69 Å². The molecule has 3 N–H and O–H groups in total. The summed E-state index contributed by atoms with van der Waals surface area (Å²) in [7, 11) is 0. The molecule has 0 saturated carbocycles. The van der Waals surface area contributed by atoms with Crippen LogP contribution in [0.3, 0.4) is 0 Å². The van der Waals surface area contributed by atoms with E-state index in [9.17, 15) is 9.59 Å². The number of para-hydroxylation sites is 1. The monoisotopic (exact) mass is 427 g/mol. The summed E-state index contributed by atoms with van der Waals surface area (Å²) in [6.45, 7) is 2.53. The largest absolute Gasteiger partial charge is 0.368 e. The first-order valence-electron chi connectivity index (χ1n) is 11.1. The lowest BCUT2D eigenvalue weighted by molar-refractivity contribution is -0.122. The molecule has 3 aromatic carbocycles. The van der Waals surface area contributed by atoms with Gasteiger partial charge in [0.15, 0.2) is 0 Å². The summed E-state index contributed by atoms with van der Waals surface area (Å²) in [5.74, 6) is -0.483. The zero-order chi connectivity index (χ0) is 22.5. The highest BCUT2D eigenvalue weighted by Gasteiger charge is 2.32. The van der Waals surface area contributed by atoms with Gasteiger partial charge in [-0.15, -0.1) is 0 Å². The van der Waals surface area contributed by atoms with Gasteiger partial charge in [0.1, 0.15) is 0 Å². The second-order valence-corrected chi connectivity index (χ2v) is 8.44. The van der Waals surface area contributed by atoms with Crippen molar-refractivity contribution in [3.05, 3.63) is 101 Å². The zero-order valence-corrected chi connectivity index (χ0v) is 18.3. The first kappa shape index (κ1) is 21.8. The van der Waals surface area contributed by atoms with E-state index in [1.165, 1.54) is 5.56 Å². The van der Waals surface area contributed by atoms with Gasteiger partial charge in [0.2, 0.25) is 11.8 Å². The Morgan fingerprint density at radius 1 is 1.00 bits per heavy atom. The van der Waals surface area contributed by atoms with E-state index >= 15 is 0 Å². The van der Waals surface area contributed by atoms with Crippen LogP contribution in [0.1, 0.15) is 28.7 Å². The molecular weight excluding hydrogens is 398 g/mol. The number of carbonyl (C=O) groups excluding carboxylic acids is 2. The summed E-state index contributed by atoms with van der Waals surface area (Å²) in [4.78, 5) is 27.8. The van der Waals surface area contributed by atoms with Crippen molar-refractivity contribution in [2.45, 2.75) is 44.8 Å². The van der Waals surface area contributed by atoms with Crippen LogP contribution in [0, 0.1) is 6.92 Å². The van der Waals surface area contributed by atoms with E-state index in [4.69, 9.17) is 5.73 Å². The number of nitrogens with one attached hydrogen (secondary N) is 1. The Morgan fingerprint density at radius 2 is 1.69 bits per heavy atom. The second-order valence-electron chi connectivity index (χ2n) is 8.44. The Hall–Kier alpha value is -3.44. The van der Waals surface area contributed by atoms with Crippen molar-refractivity contribution < 1.29 is 9.59 Å². The molecule has 1 aliphatic rings. The highest BCUT2D eigenvalue weighted by atomic mass is 16.2. The fourth-order valence-corrected chi connectivity index (χ4v) is 4.24. The first-order chi connectivity index (χ1) is 15.5. The van der Waals surface area contributed by atoms with Crippen molar-refractivity contribution in [1.29, 1.82) is 0 Å². The molecule has 0 spiro atoms. The Labute approximate surface area is 189 Å². The van der Waals surface area contributed by atoms with Gasteiger partial charge in [-0.25, -0.2) is 0 Å². The molecule has 164 valence electrons. The Balaban J connectivity index is 1.60. The summed E-state index contributed by atoms with van der Waals surface area (Å²) in [5, 5.41) is 3.29. The molecule has 0 aliphatic carbocycles. The van der Waals surface area contributed by atoms with Crippen LogP contribution in [0.15, 0.2) is 78.9 Å². The number of nitrogens with two attached hydrogens (primary N) is 1. The highest BCUT2D eigenvalue weighted by Crippen LogP contribution is 2.29. The van der Waals surface area contributed by atoms with Gasteiger partial charge < -0.3 is 10.6 Å². The molecule has 0 bridgehead atoms. The third kappa shape index (κ3) is 5.06. The van der Waals surface area contributed by atoms with Gasteiger partial charge in [-0.1, -0.05) is 78.4 Å². The number of hydrogen-bond donors (Lipinski definition) is 2. The van der Waals surface area contributed by atoms with E-state index in [-0.39, 0.29) is 5.91 Å². The van der Waals surface area contributed by atoms with E-state index in [1.807, 2.05) is 60.4 Å². The van der Waals surface area contributed by atoms with Gasteiger partial charge in [0.05, 0.1) is 18.6 Å². The minimum Gasteiger partial charge on any atom is -0.368 e. The quantitative estimate of drug-likeness (QED) is 0.606. The van der Waals surface area contributed by atoms with Crippen LogP contribution in [-0.4, -0.2) is 23.9 Å². The van der Waals surface area contributed by atoms with Gasteiger partial charge in [-0.05, 0) is 48.9 Å². The van der Waals surface area contributed by atoms with Crippen molar-refractivity contribution in [3.63, 3.8) is 0 Å². The van der Waals surface area contributed by atoms with E-state index < -0.39 is 18.0 Å². The van der Waals surface area contributed by atoms with Crippen LogP contribution in [0.25, 0.3) is 0 Å². The summed E-state index contributed by atoms with van der Waals surface area (Å²) in [6, 6.07) is 24.9. The number of anilines is 1. The Morgan fingerprint density at radius 3 is 2.41 bits per heavy atom. The summed E-state index contributed by atoms with van der Waals surface area (Å²) in [5.41, 5.74) is 11.0. The maximum Gasteiger partial charge on any atom is 0.244 e. The average Bonchev–Trinajstić information content (AvgIpc) is 2.93. The van der Waals surface area contributed by atoms with Crippen molar-refractivity contribution in [2.24, 2.45) is 5.73 Å². The molecule has 1 unspecified atom stereocenters. The molecule has 0 radical (unpaired) electrons. The molecule has 0 aromatic heterocycles. The van der Waals surface area contributed by atoms with Crippen molar-refractivity contribution in [1.82, 2.24) is 5.32 Å². The number of carbonyl (C=O) groups is 2. The lowest BCUT2D eigenvalue weighted by Gasteiger charge is -2.28. The summed E-state index contributed by atoms with van der Waals surface area (Å²) in [6.07, 6.45) is 1.81. The first-order valence-corrected chi connectivity index (χ1v) is 11.1. The molecule has 2 atom stereocenters. The predicted octanol–water partition coefficient (Wildman–Crippen LogP) is 3.53. The molecule has 4 rings (SSSR count). The number of amides is 2. The standard InChI is InChI=1S/C27H29N3O2/c1-19-11-13-21(14-12-19)18-30-25-10-6-5-9-22(25)15-16-23(27(30)32)29-24(26(28)31)17-20-7-3-2-4-8-20/h2-14,23-24,29H,15-18H2,1H3,(H2,28,31)/t23-,24?/m0/s1. The molecule has 5 heteroatoms. The number of hydrogen-bond acceptors (Lipinski definition) is 3. The molecule has 0 fully saturated rings. The topological polar surface area (TPSA) is 75.4 Å². The van der Waals surface area contributed by atoms with Crippen LogP contribution in [0.2, 0.25) is 0 Å². The molecule has 1 heterocycles. The maximum atomic E-state index is 13.7. The normalized spacial score (nSPS) is 16.8. The highest BCUT2D eigenvalue weighted by molar-refractivity contribution is 5.99. The summed E-state index contributed by atoms with van der Waals surface area (Å²) >= 11 is 0. The molecular formula is C27H29N3O2. The average molecular weight is 428 g/mol. The van der Waals surface area contributed by atoms with E-state index in [0.29, 0.717) is 19.4 Å². The SMILES string of the molecule is Cc1ccc(CN2C(=O)[C@@H](NC(Cc3ccccc3)C(N)=O)CCc3ccccc32)cc1. The van der Waals surface area contributed by atoms with Crippen LogP contribution in [-0.2, 0) is 29.0 Å². The maximum absolute atomic E-state index is 13.7. The van der Waals surface area contributed by atoms with E-state index in [2.05, 4.69) is 35.6 Å². The fraction of sp³-hybridized carbons (Fsp3) is 0.259. The predicted molar refractivity (Wildman–Crippen MR) is 127 cm³/mol. The number of benzene rings is 3. The minimum absolute atomic E-state index is 0.0326. The molecule has 2 amide bonds. The number of rotatable bonds is 7. The lowest BCUT2D eigenvalue weighted by atomic mass is 10.0. The summed E-state index contributed by atoms with van der Waals surface area (Å²) < 4.78 is 0. The van der Waals surface area contributed by atoms with Crippen LogP contribution >= 0.6 is 0 Å². The minimum atomic E-state index is -0.617. The number of primary amides is 1. The molecule has 3 aromatic rings.